The lowest BCUT2D eigenvalue weighted by Gasteiger charge is -2.13. The molecule has 2 nitrogen and oxygen atoms in total. The maximum absolute atomic E-state index is 9.97. The lowest BCUT2D eigenvalue weighted by molar-refractivity contribution is 0.126. The van der Waals surface area contributed by atoms with E-state index in [4.69, 9.17) is 4.74 Å². The van der Waals surface area contributed by atoms with E-state index in [0.29, 0.717) is 18.3 Å². The van der Waals surface area contributed by atoms with Crippen LogP contribution in [0.5, 0.6) is 5.75 Å². The van der Waals surface area contributed by atoms with E-state index in [1.165, 1.54) is 5.56 Å². The molecule has 0 spiro atoms. The van der Waals surface area contributed by atoms with E-state index in [2.05, 4.69) is 26.0 Å². The van der Waals surface area contributed by atoms with Crippen molar-refractivity contribution in [1.82, 2.24) is 0 Å². The monoisotopic (exact) mass is 302 g/mol. The van der Waals surface area contributed by atoms with Crippen molar-refractivity contribution in [3.63, 3.8) is 0 Å². The van der Waals surface area contributed by atoms with Gasteiger partial charge in [0.05, 0.1) is 6.10 Å². The van der Waals surface area contributed by atoms with Crippen LogP contribution in [0.2, 0.25) is 0 Å². The average molecular weight is 302 g/mol. The Hall–Kier alpha value is -1.45. The van der Waals surface area contributed by atoms with Gasteiger partial charge in [0.25, 0.3) is 0 Å². The topological polar surface area (TPSA) is 29.5 Å². The van der Waals surface area contributed by atoms with Gasteiger partial charge in [-0.05, 0) is 35.7 Å². The van der Waals surface area contributed by atoms with E-state index in [0.717, 1.165) is 10.6 Å². The normalized spacial score (nSPS) is 12.4. The van der Waals surface area contributed by atoms with Crippen molar-refractivity contribution < 1.29 is 9.84 Å². The zero-order valence-corrected chi connectivity index (χ0v) is 13.3. The second kappa shape index (κ2) is 8.11. The van der Waals surface area contributed by atoms with Crippen LogP contribution < -0.4 is 4.74 Å². The molecule has 0 heterocycles. The standard InChI is InChI=1S/C18H22O2S/c1-14(2)15-8-10-17(11-9-15)20-12-16(19)13-21-18-6-4-3-5-7-18/h3-11,14,16,19H,12-13H2,1-2H3. The number of rotatable bonds is 7. The van der Waals surface area contributed by atoms with Gasteiger partial charge >= 0.3 is 0 Å². The predicted octanol–water partition coefficient (Wildman–Crippen LogP) is 4.34. The molecule has 0 bridgehead atoms. The van der Waals surface area contributed by atoms with Gasteiger partial charge < -0.3 is 9.84 Å². The Morgan fingerprint density at radius 3 is 2.29 bits per heavy atom. The van der Waals surface area contributed by atoms with Gasteiger partial charge in [-0.2, -0.15) is 0 Å². The van der Waals surface area contributed by atoms with Crippen molar-refractivity contribution in [3.05, 3.63) is 60.2 Å². The van der Waals surface area contributed by atoms with Crippen molar-refractivity contribution in [3.8, 4) is 5.75 Å². The Balaban J connectivity index is 1.74. The maximum Gasteiger partial charge on any atom is 0.119 e. The summed E-state index contributed by atoms with van der Waals surface area (Å²) < 4.78 is 5.63. The van der Waals surface area contributed by atoms with Crippen LogP contribution in [-0.2, 0) is 0 Å². The Bertz CT molecular complexity index is 523. The van der Waals surface area contributed by atoms with Crippen molar-refractivity contribution >= 4 is 11.8 Å². The first kappa shape index (κ1) is 15.9. The van der Waals surface area contributed by atoms with Crippen LogP contribution in [0.25, 0.3) is 0 Å². The molecular weight excluding hydrogens is 280 g/mol. The summed E-state index contributed by atoms with van der Waals surface area (Å²) in [7, 11) is 0. The van der Waals surface area contributed by atoms with Crippen molar-refractivity contribution in [2.45, 2.75) is 30.8 Å². The fraction of sp³-hybridized carbons (Fsp3) is 0.333. The largest absolute Gasteiger partial charge is 0.491 e. The summed E-state index contributed by atoms with van der Waals surface area (Å²) in [5.74, 6) is 1.96. The van der Waals surface area contributed by atoms with Crippen molar-refractivity contribution in [2.75, 3.05) is 12.4 Å². The molecule has 2 rings (SSSR count). The van der Waals surface area contributed by atoms with Gasteiger partial charge in [0.1, 0.15) is 12.4 Å². The number of benzene rings is 2. The zero-order valence-electron chi connectivity index (χ0n) is 12.5. The van der Waals surface area contributed by atoms with Crippen molar-refractivity contribution in [2.24, 2.45) is 0 Å². The molecule has 1 unspecified atom stereocenters. The molecule has 0 aliphatic heterocycles. The summed E-state index contributed by atoms with van der Waals surface area (Å²) in [6, 6.07) is 18.2. The summed E-state index contributed by atoms with van der Waals surface area (Å²) >= 11 is 1.64. The summed E-state index contributed by atoms with van der Waals surface area (Å²) in [4.78, 5) is 1.16. The van der Waals surface area contributed by atoms with Crippen LogP contribution in [0.3, 0.4) is 0 Å². The second-order valence-electron chi connectivity index (χ2n) is 5.31. The predicted molar refractivity (Wildman–Crippen MR) is 89.2 cm³/mol. The van der Waals surface area contributed by atoms with Gasteiger partial charge in [0.2, 0.25) is 0 Å². The third-order valence-electron chi connectivity index (χ3n) is 3.17. The van der Waals surface area contributed by atoms with E-state index >= 15 is 0 Å². The SMILES string of the molecule is CC(C)c1ccc(OCC(O)CSc2ccccc2)cc1. The average Bonchev–Trinajstić information content (AvgIpc) is 2.52. The number of hydrogen-bond donors (Lipinski definition) is 1. The van der Waals surface area contributed by atoms with E-state index in [-0.39, 0.29) is 0 Å². The minimum atomic E-state index is -0.472. The molecule has 112 valence electrons. The fourth-order valence-electron chi connectivity index (χ4n) is 1.90. The van der Waals surface area contributed by atoms with Gasteiger partial charge in [0, 0.05) is 10.6 Å². The highest BCUT2D eigenvalue weighted by molar-refractivity contribution is 7.99. The molecule has 1 atom stereocenters. The highest BCUT2D eigenvalue weighted by Crippen LogP contribution is 2.20. The van der Waals surface area contributed by atoms with Gasteiger partial charge in [-0.3, -0.25) is 0 Å². The Morgan fingerprint density at radius 1 is 1.00 bits per heavy atom. The van der Waals surface area contributed by atoms with Crippen LogP contribution in [0.4, 0.5) is 0 Å². The molecule has 0 aliphatic rings. The highest BCUT2D eigenvalue weighted by Gasteiger charge is 2.07. The zero-order chi connectivity index (χ0) is 15.1. The molecule has 2 aromatic carbocycles. The lowest BCUT2D eigenvalue weighted by Crippen LogP contribution is -2.20. The number of thioether (sulfide) groups is 1. The van der Waals surface area contributed by atoms with E-state index in [9.17, 15) is 5.11 Å². The van der Waals surface area contributed by atoms with Crippen LogP contribution in [0, 0.1) is 0 Å². The molecule has 0 radical (unpaired) electrons. The maximum atomic E-state index is 9.97. The third kappa shape index (κ3) is 5.44. The van der Waals surface area contributed by atoms with Gasteiger partial charge in [-0.25, -0.2) is 0 Å². The molecule has 21 heavy (non-hydrogen) atoms. The number of ether oxygens (including phenoxy) is 1. The lowest BCUT2D eigenvalue weighted by atomic mass is 10.0. The molecule has 0 aromatic heterocycles. The van der Waals surface area contributed by atoms with Crippen LogP contribution in [0.15, 0.2) is 59.5 Å². The first-order valence-corrected chi connectivity index (χ1v) is 8.22. The van der Waals surface area contributed by atoms with E-state index in [1.54, 1.807) is 11.8 Å². The Morgan fingerprint density at radius 2 is 1.67 bits per heavy atom. The second-order valence-corrected chi connectivity index (χ2v) is 6.41. The quantitative estimate of drug-likeness (QED) is 0.771. The van der Waals surface area contributed by atoms with Gasteiger partial charge in [-0.15, -0.1) is 11.8 Å². The summed E-state index contributed by atoms with van der Waals surface area (Å²) in [5.41, 5.74) is 1.29. The first-order chi connectivity index (χ1) is 10.1. The third-order valence-corrected chi connectivity index (χ3v) is 4.33. The number of aliphatic hydroxyl groups is 1. The van der Waals surface area contributed by atoms with Crippen LogP contribution >= 0.6 is 11.8 Å². The Labute approximate surface area is 131 Å². The number of hydrogen-bond acceptors (Lipinski definition) is 3. The fourth-order valence-corrected chi connectivity index (χ4v) is 2.73. The van der Waals surface area contributed by atoms with Gasteiger partial charge in [0.15, 0.2) is 0 Å². The van der Waals surface area contributed by atoms with E-state index in [1.807, 2.05) is 42.5 Å². The van der Waals surface area contributed by atoms with E-state index < -0.39 is 6.10 Å². The smallest absolute Gasteiger partial charge is 0.119 e. The molecule has 0 amide bonds. The minimum absolute atomic E-state index is 0.320. The van der Waals surface area contributed by atoms with Gasteiger partial charge in [-0.1, -0.05) is 44.2 Å². The molecule has 2 aromatic rings. The molecule has 0 saturated carbocycles. The molecule has 0 aliphatic carbocycles. The number of aliphatic hydroxyl groups excluding tert-OH is 1. The molecule has 1 N–H and O–H groups in total. The molecule has 3 heteroatoms. The summed E-state index contributed by atoms with van der Waals surface area (Å²) in [6.45, 7) is 4.65. The van der Waals surface area contributed by atoms with Crippen LogP contribution in [-0.4, -0.2) is 23.6 Å². The van der Waals surface area contributed by atoms with Crippen LogP contribution in [0.1, 0.15) is 25.3 Å². The molecular formula is C18H22O2S. The first-order valence-electron chi connectivity index (χ1n) is 7.24. The minimum Gasteiger partial charge on any atom is -0.491 e. The highest BCUT2D eigenvalue weighted by atomic mass is 32.2. The van der Waals surface area contributed by atoms with Crippen molar-refractivity contribution in [1.29, 1.82) is 0 Å². The molecule has 0 saturated heterocycles. The molecule has 0 fully saturated rings. The Kier molecular flexibility index (Phi) is 6.15. The summed E-state index contributed by atoms with van der Waals surface area (Å²) in [6.07, 6.45) is -0.472. The summed E-state index contributed by atoms with van der Waals surface area (Å²) in [5, 5.41) is 9.97.